The van der Waals surface area contributed by atoms with Crippen LogP contribution in [0.25, 0.3) is 0 Å². The van der Waals surface area contributed by atoms with E-state index in [4.69, 9.17) is 17.0 Å². The standard InChI is InChI=1S/C23H28N6O6S2/c1-37(33,34)28-10-8-26(9-11-28)19-5-3-2-4-18(19)24-23(36)25-22(30)17-6-7-20(21(16-17)29(31)32)27-12-14-35-15-13-27/h2-7,16H,8-15H2,1H3,(H2,24,25,30,36). The third kappa shape index (κ3) is 6.52. The van der Waals surface area contributed by atoms with Crippen LogP contribution in [-0.2, 0) is 14.8 Å². The first-order valence-corrected chi connectivity index (χ1v) is 13.9. The van der Waals surface area contributed by atoms with Gasteiger partial charge in [-0.3, -0.25) is 20.2 Å². The molecule has 0 unspecified atom stereocenters. The van der Waals surface area contributed by atoms with Gasteiger partial charge in [0.15, 0.2) is 5.11 Å². The zero-order valence-electron chi connectivity index (χ0n) is 20.3. The van der Waals surface area contributed by atoms with Crippen molar-refractivity contribution in [3.63, 3.8) is 0 Å². The third-order valence-corrected chi connectivity index (χ3v) is 7.72. The van der Waals surface area contributed by atoms with E-state index in [-0.39, 0.29) is 16.4 Å². The third-order valence-electron chi connectivity index (χ3n) is 6.21. The Balaban J connectivity index is 1.43. The topological polar surface area (TPSA) is 137 Å². The van der Waals surface area contributed by atoms with Crippen LogP contribution in [0.5, 0.6) is 0 Å². The number of nitro groups is 1. The molecular formula is C23H28N6O6S2. The number of benzene rings is 2. The number of nitro benzene ring substituents is 1. The molecule has 2 aromatic carbocycles. The second-order valence-corrected chi connectivity index (χ2v) is 11.0. The van der Waals surface area contributed by atoms with Crippen LogP contribution in [-0.4, -0.2) is 87.4 Å². The van der Waals surface area contributed by atoms with Crippen LogP contribution in [0.4, 0.5) is 22.7 Å². The van der Waals surface area contributed by atoms with Crippen molar-refractivity contribution in [2.75, 3.05) is 73.9 Å². The largest absolute Gasteiger partial charge is 0.378 e. The van der Waals surface area contributed by atoms with Crippen LogP contribution in [0, 0.1) is 10.1 Å². The molecule has 2 aliphatic rings. The molecule has 0 saturated carbocycles. The van der Waals surface area contributed by atoms with Crippen LogP contribution in [0.3, 0.4) is 0 Å². The molecule has 14 heteroatoms. The van der Waals surface area contributed by atoms with E-state index in [1.165, 1.54) is 22.7 Å². The van der Waals surface area contributed by atoms with E-state index in [2.05, 4.69) is 10.6 Å². The maximum Gasteiger partial charge on any atom is 0.293 e. The maximum atomic E-state index is 12.9. The van der Waals surface area contributed by atoms with Gasteiger partial charge in [-0.2, -0.15) is 4.31 Å². The van der Waals surface area contributed by atoms with Crippen LogP contribution < -0.4 is 20.4 Å². The minimum atomic E-state index is -3.25. The molecule has 0 atom stereocenters. The molecule has 37 heavy (non-hydrogen) atoms. The van der Waals surface area contributed by atoms with E-state index in [0.717, 1.165) is 5.69 Å². The summed E-state index contributed by atoms with van der Waals surface area (Å²) < 4.78 is 30.4. The monoisotopic (exact) mass is 548 g/mol. The highest BCUT2D eigenvalue weighted by molar-refractivity contribution is 7.88. The Morgan fingerprint density at radius 3 is 2.30 bits per heavy atom. The van der Waals surface area contributed by atoms with Gasteiger partial charge in [0.1, 0.15) is 5.69 Å². The van der Waals surface area contributed by atoms with E-state index in [1.807, 2.05) is 28.0 Å². The molecule has 2 fully saturated rings. The Morgan fingerprint density at radius 2 is 1.65 bits per heavy atom. The molecular weight excluding hydrogens is 520 g/mol. The number of carbonyl (C=O) groups is 1. The van der Waals surface area contributed by atoms with E-state index in [9.17, 15) is 23.3 Å². The number of amides is 1. The smallest absolute Gasteiger partial charge is 0.293 e. The number of para-hydroxylation sites is 2. The van der Waals surface area contributed by atoms with Gasteiger partial charge in [-0.25, -0.2) is 8.42 Å². The van der Waals surface area contributed by atoms with Gasteiger partial charge in [-0.05, 0) is 36.5 Å². The van der Waals surface area contributed by atoms with Crippen molar-refractivity contribution in [3.8, 4) is 0 Å². The quantitative estimate of drug-likeness (QED) is 0.311. The second kappa shape index (κ2) is 11.4. The lowest BCUT2D eigenvalue weighted by molar-refractivity contribution is -0.384. The number of rotatable bonds is 6. The van der Waals surface area contributed by atoms with Crippen molar-refractivity contribution in [2.24, 2.45) is 0 Å². The van der Waals surface area contributed by atoms with Crippen molar-refractivity contribution in [3.05, 3.63) is 58.1 Å². The molecule has 0 radical (unpaired) electrons. The summed E-state index contributed by atoms with van der Waals surface area (Å²) in [4.78, 5) is 28.0. The summed E-state index contributed by atoms with van der Waals surface area (Å²) >= 11 is 5.35. The Kier molecular flexibility index (Phi) is 8.22. The SMILES string of the molecule is CS(=O)(=O)N1CCN(c2ccccc2NC(=S)NC(=O)c2ccc(N3CCOCC3)c([N+](=O)[O-])c2)CC1. The molecule has 2 saturated heterocycles. The number of morpholine rings is 1. The number of piperazine rings is 1. The summed E-state index contributed by atoms with van der Waals surface area (Å²) in [5, 5.41) is 17.3. The molecule has 0 spiro atoms. The fraction of sp³-hybridized carbons (Fsp3) is 0.391. The molecule has 198 valence electrons. The van der Waals surface area contributed by atoms with Gasteiger partial charge < -0.3 is 19.9 Å². The van der Waals surface area contributed by atoms with Crippen molar-refractivity contribution in [1.82, 2.24) is 9.62 Å². The fourth-order valence-corrected chi connectivity index (χ4v) is 5.36. The molecule has 1 amide bonds. The number of carbonyl (C=O) groups excluding carboxylic acids is 1. The average molecular weight is 549 g/mol. The number of hydrogen-bond acceptors (Lipinski definition) is 9. The van der Waals surface area contributed by atoms with E-state index in [0.29, 0.717) is 63.9 Å². The van der Waals surface area contributed by atoms with E-state index < -0.39 is 20.9 Å². The van der Waals surface area contributed by atoms with Gasteiger partial charge in [0.2, 0.25) is 10.0 Å². The minimum absolute atomic E-state index is 0.0344. The van der Waals surface area contributed by atoms with Gasteiger partial charge in [0, 0.05) is 50.9 Å². The van der Waals surface area contributed by atoms with Gasteiger partial charge in [-0.15, -0.1) is 0 Å². The molecule has 0 bridgehead atoms. The lowest BCUT2D eigenvalue weighted by Crippen LogP contribution is -2.48. The number of nitrogens with one attached hydrogen (secondary N) is 2. The first-order chi connectivity index (χ1) is 17.6. The zero-order valence-corrected chi connectivity index (χ0v) is 21.9. The van der Waals surface area contributed by atoms with Crippen molar-refractivity contribution >= 4 is 56.0 Å². The van der Waals surface area contributed by atoms with Gasteiger partial charge in [0.25, 0.3) is 11.6 Å². The van der Waals surface area contributed by atoms with Gasteiger partial charge in [-0.1, -0.05) is 12.1 Å². The van der Waals surface area contributed by atoms with Crippen LogP contribution in [0.1, 0.15) is 10.4 Å². The predicted molar refractivity (Wildman–Crippen MR) is 145 cm³/mol. The molecule has 0 aromatic heterocycles. The van der Waals surface area contributed by atoms with Crippen molar-refractivity contribution in [1.29, 1.82) is 0 Å². The zero-order chi connectivity index (χ0) is 26.6. The first-order valence-electron chi connectivity index (χ1n) is 11.7. The lowest BCUT2D eigenvalue weighted by Gasteiger charge is -2.35. The number of hydrogen-bond donors (Lipinski definition) is 2. The molecule has 0 aliphatic carbocycles. The van der Waals surface area contributed by atoms with Crippen LogP contribution in [0.15, 0.2) is 42.5 Å². The number of nitrogens with zero attached hydrogens (tertiary/aromatic N) is 4. The maximum absolute atomic E-state index is 12.9. The van der Waals surface area contributed by atoms with Crippen molar-refractivity contribution < 1.29 is 22.9 Å². The first kappa shape index (κ1) is 26.7. The summed E-state index contributed by atoms with van der Waals surface area (Å²) in [6.07, 6.45) is 1.20. The van der Waals surface area contributed by atoms with Gasteiger partial charge in [0.05, 0.1) is 35.8 Å². The summed E-state index contributed by atoms with van der Waals surface area (Å²) in [5.41, 5.74) is 1.85. The molecule has 2 N–H and O–H groups in total. The van der Waals surface area contributed by atoms with Gasteiger partial charge >= 0.3 is 0 Å². The molecule has 2 heterocycles. The summed E-state index contributed by atoms with van der Waals surface area (Å²) in [5.74, 6) is -0.576. The second-order valence-electron chi connectivity index (χ2n) is 8.63. The number of sulfonamides is 1. The highest BCUT2D eigenvalue weighted by atomic mass is 32.2. The molecule has 12 nitrogen and oxygen atoms in total. The van der Waals surface area contributed by atoms with E-state index >= 15 is 0 Å². The predicted octanol–water partition coefficient (Wildman–Crippen LogP) is 1.64. The number of anilines is 3. The Labute approximate surface area is 220 Å². The summed E-state index contributed by atoms with van der Waals surface area (Å²) in [6.45, 7) is 3.77. The molecule has 2 aromatic rings. The highest BCUT2D eigenvalue weighted by Gasteiger charge is 2.26. The fourth-order valence-electron chi connectivity index (χ4n) is 4.33. The minimum Gasteiger partial charge on any atom is -0.378 e. The molecule has 4 rings (SSSR count). The van der Waals surface area contributed by atoms with Crippen LogP contribution in [0.2, 0.25) is 0 Å². The average Bonchev–Trinajstić information content (AvgIpc) is 2.88. The number of ether oxygens (including phenoxy) is 1. The summed E-state index contributed by atoms with van der Waals surface area (Å²) in [6, 6.07) is 11.7. The lowest BCUT2D eigenvalue weighted by atomic mass is 10.1. The highest BCUT2D eigenvalue weighted by Crippen LogP contribution is 2.30. The number of thiocarbonyl (C=S) groups is 1. The van der Waals surface area contributed by atoms with E-state index in [1.54, 1.807) is 12.1 Å². The normalized spacial score (nSPS) is 16.8. The molecule has 2 aliphatic heterocycles. The van der Waals surface area contributed by atoms with Crippen LogP contribution >= 0.6 is 12.2 Å². The Hall–Kier alpha value is -3.33. The Morgan fingerprint density at radius 1 is 1.00 bits per heavy atom. The van der Waals surface area contributed by atoms with Crippen molar-refractivity contribution in [2.45, 2.75) is 0 Å². The Bertz CT molecular complexity index is 1290. The summed E-state index contributed by atoms with van der Waals surface area (Å²) in [7, 11) is -3.25.